The Labute approximate surface area is 126 Å². The molecule has 3 rings (SSSR count). The SMILES string of the molecule is CC1CCNC(c2cc(Br)c3c(c2)OCCCO3)S1. The lowest BCUT2D eigenvalue weighted by atomic mass is 10.2. The van der Waals surface area contributed by atoms with Crippen LogP contribution in [-0.4, -0.2) is 25.0 Å². The van der Waals surface area contributed by atoms with Gasteiger partial charge in [0.2, 0.25) is 0 Å². The number of thioether (sulfide) groups is 1. The van der Waals surface area contributed by atoms with Gasteiger partial charge in [0, 0.05) is 11.7 Å². The van der Waals surface area contributed by atoms with E-state index in [4.69, 9.17) is 9.47 Å². The summed E-state index contributed by atoms with van der Waals surface area (Å²) in [5.41, 5.74) is 1.26. The van der Waals surface area contributed by atoms with Gasteiger partial charge in [-0.3, -0.25) is 0 Å². The predicted molar refractivity (Wildman–Crippen MR) is 82.2 cm³/mol. The highest BCUT2D eigenvalue weighted by molar-refractivity contribution is 9.10. The molecule has 0 amide bonds. The molecule has 0 bridgehead atoms. The molecule has 0 spiro atoms. The van der Waals surface area contributed by atoms with E-state index in [1.54, 1.807) is 0 Å². The Morgan fingerprint density at radius 1 is 1.32 bits per heavy atom. The standard InChI is InChI=1S/C14H18BrNO2S/c1-9-3-4-16-14(19-9)10-7-11(15)13-12(8-10)17-5-2-6-18-13/h7-9,14,16H,2-6H2,1H3. The molecular formula is C14H18BrNO2S. The molecule has 2 aliphatic heterocycles. The maximum Gasteiger partial charge on any atom is 0.175 e. The van der Waals surface area contributed by atoms with Crippen molar-refractivity contribution in [3.63, 3.8) is 0 Å². The maximum absolute atomic E-state index is 5.80. The third kappa shape index (κ3) is 3.03. The molecule has 1 N–H and O–H groups in total. The maximum atomic E-state index is 5.80. The minimum Gasteiger partial charge on any atom is -0.490 e. The van der Waals surface area contributed by atoms with Crippen LogP contribution in [-0.2, 0) is 0 Å². The topological polar surface area (TPSA) is 30.5 Å². The van der Waals surface area contributed by atoms with Crippen molar-refractivity contribution in [1.29, 1.82) is 0 Å². The molecule has 0 aliphatic carbocycles. The first-order valence-corrected chi connectivity index (χ1v) is 8.45. The van der Waals surface area contributed by atoms with Crippen LogP contribution in [0.4, 0.5) is 0 Å². The van der Waals surface area contributed by atoms with Gasteiger partial charge in [-0.15, -0.1) is 11.8 Å². The van der Waals surface area contributed by atoms with E-state index in [1.807, 2.05) is 11.8 Å². The molecule has 2 aliphatic rings. The van der Waals surface area contributed by atoms with E-state index in [0.29, 0.717) is 10.6 Å². The molecule has 104 valence electrons. The Hall–Kier alpha value is -0.390. The lowest BCUT2D eigenvalue weighted by Crippen LogP contribution is -2.28. The van der Waals surface area contributed by atoms with Crippen molar-refractivity contribution < 1.29 is 9.47 Å². The van der Waals surface area contributed by atoms with Gasteiger partial charge in [0.1, 0.15) is 0 Å². The summed E-state index contributed by atoms with van der Waals surface area (Å²) >= 11 is 5.58. The Morgan fingerprint density at radius 3 is 3.00 bits per heavy atom. The van der Waals surface area contributed by atoms with Gasteiger partial charge in [0.25, 0.3) is 0 Å². The molecule has 0 aromatic heterocycles. The Bertz CT molecular complexity index is 469. The van der Waals surface area contributed by atoms with Crippen LogP contribution >= 0.6 is 27.7 Å². The summed E-state index contributed by atoms with van der Waals surface area (Å²) in [6.45, 7) is 4.81. The molecule has 1 saturated heterocycles. The highest BCUT2D eigenvalue weighted by Crippen LogP contribution is 2.43. The number of benzene rings is 1. The number of ether oxygens (including phenoxy) is 2. The van der Waals surface area contributed by atoms with E-state index in [-0.39, 0.29) is 0 Å². The summed E-state index contributed by atoms with van der Waals surface area (Å²) in [7, 11) is 0. The lowest BCUT2D eigenvalue weighted by molar-refractivity contribution is 0.296. The molecule has 2 heterocycles. The molecule has 19 heavy (non-hydrogen) atoms. The largest absolute Gasteiger partial charge is 0.490 e. The Morgan fingerprint density at radius 2 is 2.16 bits per heavy atom. The van der Waals surface area contributed by atoms with Crippen LogP contribution in [0.5, 0.6) is 11.5 Å². The van der Waals surface area contributed by atoms with Crippen molar-refractivity contribution in [1.82, 2.24) is 5.32 Å². The van der Waals surface area contributed by atoms with Gasteiger partial charge in [-0.1, -0.05) is 6.92 Å². The fourth-order valence-electron chi connectivity index (χ4n) is 2.36. The van der Waals surface area contributed by atoms with Crippen LogP contribution in [0.25, 0.3) is 0 Å². The second kappa shape index (κ2) is 5.94. The van der Waals surface area contributed by atoms with E-state index in [1.165, 1.54) is 12.0 Å². The number of hydrogen-bond acceptors (Lipinski definition) is 4. The van der Waals surface area contributed by atoms with Crippen molar-refractivity contribution in [3.8, 4) is 11.5 Å². The van der Waals surface area contributed by atoms with Crippen LogP contribution in [0.15, 0.2) is 16.6 Å². The molecule has 0 saturated carbocycles. The second-order valence-corrected chi connectivity index (χ2v) is 7.35. The number of hydrogen-bond donors (Lipinski definition) is 1. The van der Waals surface area contributed by atoms with Gasteiger partial charge in [-0.25, -0.2) is 0 Å². The number of nitrogens with one attached hydrogen (secondary N) is 1. The second-order valence-electron chi connectivity index (χ2n) is 4.95. The van der Waals surface area contributed by atoms with Gasteiger partial charge < -0.3 is 14.8 Å². The van der Waals surface area contributed by atoms with Gasteiger partial charge >= 0.3 is 0 Å². The smallest absolute Gasteiger partial charge is 0.175 e. The average molecular weight is 344 g/mol. The zero-order valence-corrected chi connectivity index (χ0v) is 13.4. The zero-order valence-electron chi connectivity index (χ0n) is 10.9. The summed E-state index contributed by atoms with van der Waals surface area (Å²) in [5.74, 6) is 1.71. The fourth-order valence-corrected chi connectivity index (χ4v) is 4.16. The third-order valence-corrected chi connectivity index (χ3v) is 5.38. The molecule has 2 unspecified atom stereocenters. The molecule has 1 fully saturated rings. The van der Waals surface area contributed by atoms with Crippen molar-refractivity contribution in [2.45, 2.75) is 30.4 Å². The summed E-state index contributed by atoms with van der Waals surface area (Å²) in [6.07, 6.45) is 2.16. The molecule has 5 heteroatoms. The molecule has 1 aromatic rings. The molecule has 2 atom stereocenters. The van der Waals surface area contributed by atoms with E-state index >= 15 is 0 Å². The van der Waals surface area contributed by atoms with Crippen LogP contribution in [0, 0.1) is 0 Å². The molecule has 1 aromatic carbocycles. The van der Waals surface area contributed by atoms with E-state index in [2.05, 4.69) is 40.3 Å². The van der Waals surface area contributed by atoms with Crippen LogP contribution < -0.4 is 14.8 Å². The molecule has 3 nitrogen and oxygen atoms in total. The normalized spacial score (nSPS) is 26.8. The van der Waals surface area contributed by atoms with Crippen LogP contribution in [0.3, 0.4) is 0 Å². The lowest BCUT2D eigenvalue weighted by Gasteiger charge is -2.28. The minimum absolute atomic E-state index is 0.345. The van der Waals surface area contributed by atoms with Crippen molar-refractivity contribution in [2.75, 3.05) is 19.8 Å². The molecular weight excluding hydrogens is 326 g/mol. The van der Waals surface area contributed by atoms with Gasteiger partial charge in [-0.2, -0.15) is 0 Å². The van der Waals surface area contributed by atoms with Crippen molar-refractivity contribution in [3.05, 3.63) is 22.2 Å². The molecule has 0 radical (unpaired) electrons. The fraction of sp³-hybridized carbons (Fsp3) is 0.571. The Balaban J connectivity index is 1.90. The van der Waals surface area contributed by atoms with Crippen molar-refractivity contribution in [2.24, 2.45) is 0 Å². The first-order valence-electron chi connectivity index (χ1n) is 6.72. The van der Waals surface area contributed by atoms with Crippen LogP contribution in [0.2, 0.25) is 0 Å². The zero-order chi connectivity index (χ0) is 13.2. The monoisotopic (exact) mass is 343 g/mol. The van der Waals surface area contributed by atoms with E-state index in [0.717, 1.165) is 42.2 Å². The summed E-state index contributed by atoms with van der Waals surface area (Å²) in [4.78, 5) is 0. The predicted octanol–water partition coefficient (Wildman–Crippen LogP) is 3.72. The van der Waals surface area contributed by atoms with E-state index < -0.39 is 0 Å². The minimum atomic E-state index is 0.345. The van der Waals surface area contributed by atoms with Gasteiger partial charge in [0.15, 0.2) is 11.5 Å². The summed E-state index contributed by atoms with van der Waals surface area (Å²) in [6, 6.07) is 4.27. The third-order valence-electron chi connectivity index (χ3n) is 3.38. The van der Waals surface area contributed by atoms with Crippen molar-refractivity contribution >= 4 is 27.7 Å². The first kappa shape index (κ1) is 13.6. The van der Waals surface area contributed by atoms with Gasteiger partial charge in [0.05, 0.1) is 23.1 Å². The highest BCUT2D eigenvalue weighted by atomic mass is 79.9. The quantitative estimate of drug-likeness (QED) is 0.841. The Kier molecular flexibility index (Phi) is 4.24. The highest BCUT2D eigenvalue weighted by Gasteiger charge is 2.23. The van der Waals surface area contributed by atoms with Gasteiger partial charge in [-0.05, 0) is 46.6 Å². The summed E-state index contributed by atoms with van der Waals surface area (Å²) < 4.78 is 12.5. The average Bonchev–Trinajstić information content (AvgIpc) is 2.64. The number of halogens is 1. The van der Waals surface area contributed by atoms with Crippen LogP contribution in [0.1, 0.15) is 30.7 Å². The van der Waals surface area contributed by atoms with E-state index in [9.17, 15) is 0 Å². The first-order chi connectivity index (χ1) is 9.24. The number of fused-ring (bicyclic) bond motifs is 1. The number of rotatable bonds is 1. The summed E-state index contributed by atoms with van der Waals surface area (Å²) in [5, 5.41) is 4.60.